The molecule has 0 heterocycles. The minimum Gasteiger partial charge on any atom is -0.497 e. The van der Waals surface area contributed by atoms with Crippen molar-refractivity contribution < 1.29 is 22.7 Å². The molecule has 2 N–H and O–H groups in total. The van der Waals surface area contributed by atoms with Crippen LogP contribution in [0, 0.1) is 0 Å². The minimum atomic E-state index is -3.79. The molecule has 9 heteroatoms. The third-order valence-corrected chi connectivity index (χ3v) is 7.21. The molecule has 7 nitrogen and oxygen atoms in total. The molecule has 0 aliphatic rings. The zero-order chi connectivity index (χ0) is 25.5. The van der Waals surface area contributed by atoms with Gasteiger partial charge in [-0.1, -0.05) is 36.4 Å². The van der Waals surface area contributed by atoms with Crippen molar-refractivity contribution in [1.82, 2.24) is 0 Å². The van der Waals surface area contributed by atoms with Crippen LogP contribution in [0.25, 0.3) is 11.1 Å². The van der Waals surface area contributed by atoms with E-state index in [9.17, 15) is 13.2 Å². The predicted molar refractivity (Wildman–Crippen MR) is 144 cm³/mol. The highest BCUT2D eigenvalue weighted by Gasteiger charge is 2.15. The van der Waals surface area contributed by atoms with Gasteiger partial charge < -0.3 is 14.8 Å². The zero-order valence-corrected chi connectivity index (χ0v) is 21.7. The van der Waals surface area contributed by atoms with Crippen molar-refractivity contribution in [2.24, 2.45) is 0 Å². The second-order valence-corrected chi connectivity index (χ2v) is 10.2. The summed E-state index contributed by atoms with van der Waals surface area (Å²) < 4.78 is 39.2. The number of methoxy groups -OCH3 is 1. The molecule has 4 aromatic carbocycles. The number of anilines is 2. The molecule has 0 saturated carbocycles. The molecule has 4 aromatic rings. The molecule has 0 fully saturated rings. The second-order valence-electron chi connectivity index (χ2n) is 7.71. The van der Waals surface area contributed by atoms with Gasteiger partial charge >= 0.3 is 0 Å². The summed E-state index contributed by atoms with van der Waals surface area (Å²) >= 11 is 3.49. The number of carbonyl (C=O) groups is 1. The smallest absolute Gasteiger partial charge is 0.262 e. The summed E-state index contributed by atoms with van der Waals surface area (Å²) in [5.41, 5.74) is 2.96. The maximum atomic E-state index is 12.6. The molecule has 0 radical (unpaired) electrons. The highest BCUT2D eigenvalue weighted by Crippen LogP contribution is 2.30. The molecule has 0 aromatic heterocycles. The Labute approximate surface area is 218 Å². The SMILES string of the molecule is COc1ccc(NS(=O)(=O)c2ccc(NC(=O)COc3ccc(-c4ccccc4)cc3Br)cc2)cc1. The van der Waals surface area contributed by atoms with Gasteiger partial charge in [-0.25, -0.2) is 8.42 Å². The molecule has 0 atom stereocenters. The molecule has 1 amide bonds. The lowest BCUT2D eigenvalue weighted by molar-refractivity contribution is -0.118. The summed E-state index contributed by atoms with van der Waals surface area (Å²) in [6, 6.07) is 28.0. The summed E-state index contributed by atoms with van der Waals surface area (Å²) in [6.45, 7) is -0.206. The Morgan fingerprint density at radius 2 is 1.50 bits per heavy atom. The quantitative estimate of drug-likeness (QED) is 0.261. The van der Waals surface area contributed by atoms with Crippen LogP contribution >= 0.6 is 15.9 Å². The molecule has 0 saturated heterocycles. The molecule has 0 aliphatic carbocycles. The third kappa shape index (κ3) is 6.44. The van der Waals surface area contributed by atoms with E-state index in [1.165, 1.54) is 31.4 Å². The fourth-order valence-electron chi connectivity index (χ4n) is 3.36. The van der Waals surface area contributed by atoms with Crippen molar-refractivity contribution in [2.75, 3.05) is 23.8 Å². The molecule has 0 unspecified atom stereocenters. The standard InChI is InChI=1S/C27H23BrN2O5S/c1-34-23-12-8-22(9-13-23)30-36(32,33)24-14-10-21(11-15-24)29-27(31)18-35-26-16-7-20(17-25(26)28)19-5-3-2-4-6-19/h2-17,30H,18H2,1H3,(H,29,31). The number of amides is 1. The van der Waals surface area contributed by atoms with Crippen LogP contribution in [-0.2, 0) is 14.8 Å². The van der Waals surface area contributed by atoms with Crippen LogP contribution < -0.4 is 19.5 Å². The monoisotopic (exact) mass is 566 g/mol. The number of halogens is 1. The van der Waals surface area contributed by atoms with Gasteiger partial charge in [0.25, 0.3) is 15.9 Å². The van der Waals surface area contributed by atoms with Crippen molar-refractivity contribution in [1.29, 1.82) is 0 Å². The number of sulfonamides is 1. The van der Waals surface area contributed by atoms with Crippen molar-refractivity contribution in [3.63, 3.8) is 0 Å². The molecule has 184 valence electrons. The van der Waals surface area contributed by atoms with E-state index in [1.807, 2.05) is 42.5 Å². The number of rotatable bonds is 9. The van der Waals surface area contributed by atoms with Crippen molar-refractivity contribution in [3.05, 3.63) is 102 Å². The van der Waals surface area contributed by atoms with Gasteiger partial charge in [0.05, 0.1) is 16.5 Å². The Bertz CT molecular complexity index is 1440. The Balaban J connectivity index is 1.33. The van der Waals surface area contributed by atoms with Crippen LogP contribution in [0.1, 0.15) is 0 Å². The van der Waals surface area contributed by atoms with E-state index >= 15 is 0 Å². The van der Waals surface area contributed by atoms with E-state index < -0.39 is 10.0 Å². The number of hydrogen-bond acceptors (Lipinski definition) is 5. The normalized spacial score (nSPS) is 10.9. The molecule has 0 aliphatic heterocycles. The van der Waals surface area contributed by atoms with Crippen LogP contribution in [0.3, 0.4) is 0 Å². The van der Waals surface area contributed by atoms with Gasteiger partial charge in [-0.2, -0.15) is 0 Å². The molecular weight excluding hydrogens is 544 g/mol. The minimum absolute atomic E-state index is 0.0648. The first-order valence-corrected chi connectivity index (χ1v) is 13.2. The average Bonchev–Trinajstić information content (AvgIpc) is 2.89. The Kier molecular flexibility index (Phi) is 7.92. The van der Waals surface area contributed by atoms with E-state index in [0.29, 0.717) is 22.9 Å². The van der Waals surface area contributed by atoms with E-state index in [0.717, 1.165) is 15.6 Å². The van der Waals surface area contributed by atoms with Crippen LogP contribution in [0.2, 0.25) is 0 Å². The molecular formula is C27H23BrN2O5S. The summed E-state index contributed by atoms with van der Waals surface area (Å²) in [5.74, 6) is 0.787. The highest BCUT2D eigenvalue weighted by molar-refractivity contribution is 9.10. The number of hydrogen-bond donors (Lipinski definition) is 2. The fourth-order valence-corrected chi connectivity index (χ4v) is 4.91. The first-order chi connectivity index (χ1) is 17.3. The lowest BCUT2D eigenvalue weighted by Crippen LogP contribution is -2.20. The largest absolute Gasteiger partial charge is 0.497 e. The van der Waals surface area contributed by atoms with Gasteiger partial charge in [0.2, 0.25) is 0 Å². The number of benzene rings is 4. The number of ether oxygens (including phenoxy) is 2. The first-order valence-electron chi connectivity index (χ1n) is 10.9. The summed E-state index contributed by atoms with van der Waals surface area (Å²) in [4.78, 5) is 12.4. The predicted octanol–water partition coefficient (Wildman–Crippen LogP) is 5.94. The topological polar surface area (TPSA) is 93.7 Å². The van der Waals surface area contributed by atoms with Crippen molar-refractivity contribution >= 4 is 43.2 Å². The average molecular weight is 567 g/mol. The van der Waals surface area contributed by atoms with E-state index in [1.54, 1.807) is 30.3 Å². The van der Waals surface area contributed by atoms with E-state index in [-0.39, 0.29) is 17.4 Å². The molecule has 0 spiro atoms. The van der Waals surface area contributed by atoms with Gasteiger partial charge in [0.15, 0.2) is 6.61 Å². The lowest BCUT2D eigenvalue weighted by Gasteiger charge is -2.11. The van der Waals surface area contributed by atoms with Gasteiger partial charge in [-0.05, 0) is 87.7 Å². The Morgan fingerprint density at radius 1 is 0.833 bits per heavy atom. The van der Waals surface area contributed by atoms with E-state index in [4.69, 9.17) is 9.47 Å². The zero-order valence-electron chi connectivity index (χ0n) is 19.3. The van der Waals surface area contributed by atoms with Crippen LogP contribution in [0.15, 0.2) is 106 Å². The number of carbonyl (C=O) groups excluding carboxylic acids is 1. The first kappa shape index (κ1) is 25.3. The Morgan fingerprint density at radius 3 is 2.14 bits per heavy atom. The summed E-state index contributed by atoms with van der Waals surface area (Å²) in [7, 11) is -2.25. The summed E-state index contributed by atoms with van der Waals surface area (Å²) in [6.07, 6.45) is 0. The second kappa shape index (κ2) is 11.3. The molecule has 36 heavy (non-hydrogen) atoms. The summed E-state index contributed by atoms with van der Waals surface area (Å²) in [5, 5.41) is 2.70. The van der Waals surface area contributed by atoms with Gasteiger partial charge in [-0.15, -0.1) is 0 Å². The van der Waals surface area contributed by atoms with Crippen LogP contribution in [0.4, 0.5) is 11.4 Å². The Hall–Kier alpha value is -3.82. The van der Waals surface area contributed by atoms with Gasteiger partial charge in [0, 0.05) is 11.4 Å². The van der Waals surface area contributed by atoms with Gasteiger partial charge in [0.1, 0.15) is 11.5 Å². The van der Waals surface area contributed by atoms with Crippen molar-refractivity contribution in [2.45, 2.75) is 4.90 Å². The lowest BCUT2D eigenvalue weighted by atomic mass is 10.1. The van der Waals surface area contributed by atoms with Crippen molar-refractivity contribution in [3.8, 4) is 22.6 Å². The van der Waals surface area contributed by atoms with Gasteiger partial charge in [-0.3, -0.25) is 9.52 Å². The number of nitrogens with one attached hydrogen (secondary N) is 2. The molecule has 0 bridgehead atoms. The fraction of sp³-hybridized carbons (Fsp3) is 0.0741. The van der Waals surface area contributed by atoms with Crippen LogP contribution in [0.5, 0.6) is 11.5 Å². The van der Waals surface area contributed by atoms with E-state index in [2.05, 4.69) is 26.0 Å². The maximum Gasteiger partial charge on any atom is 0.262 e. The molecule has 4 rings (SSSR count). The third-order valence-electron chi connectivity index (χ3n) is 5.19. The highest BCUT2D eigenvalue weighted by atomic mass is 79.9. The maximum absolute atomic E-state index is 12.6. The van der Waals surface area contributed by atoms with Crippen LogP contribution in [-0.4, -0.2) is 28.0 Å².